The van der Waals surface area contributed by atoms with Crippen LogP contribution in [0.5, 0.6) is 0 Å². The Morgan fingerprint density at radius 2 is 2.26 bits per heavy atom. The van der Waals surface area contributed by atoms with Gasteiger partial charge in [-0.1, -0.05) is 0 Å². The van der Waals surface area contributed by atoms with Gasteiger partial charge in [-0.05, 0) is 19.9 Å². The molecular weight excluding hydrogens is 240 g/mol. The maximum absolute atomic E-state index is 9.03. The van der Waals surface area contributed by atoms with E-state index >= 15 is 0 Å². The molecule has 0 amide bonds. The van der Waals surface area contributed by atoms with Crippen molar-refractivity contribution in [3.8, 4) is 6.07 Å². The highest BCUT2D eigenvalue weighted by atomic mass is 15.2. The molecule has 3 rings (SSSR count). The highest BCUT2D eigenvalue weighted by Gasteiger charge is 2.19. The number of anilines is 1. The van der Waals surface area contributed by atoms with Crippen molar-refractivity contribution in [3.05, 3.63) is 18.0 Å². The van der Waals surface area contributed by atoms with Crippen LogP contribution in [0, 0.1) is 11.3 Å². The SMILES string of the molecule is CNC1CCN(c2cnc3[nH]cc(C#N)c3n2)CC1. The number of hydrogen-bond acceptors (Lipinski definition) is 5. The quantitative estimate of drug-likeness (QED) is 0.838. The monoisotopic (exact) mass is 256 g/mol. The Morgan fingerprint density at radius 3 is 2.95 bits per heavy atom. The third kappa shape index (κ3) is 2.13. The summed E-state index contributed by atoms with van der Waals surface area (Å²) in [5, 5.41) is 12.3. The summed E-state index contributed by atoms with van der Waals surface area (Å²) in [5.74, 6) is 0.859. The number of rotatable bonds is 2. The Hall–Kier alpha value is -2.13. The van der Waals surface area contributed by atoms with Crippen LogP contribution in [0.3, 0.4) is 0 Å². The molecule has 6 heteroatoms. The molecule has 1 aliphatic heterocycles. The predicted octanol–water partition coefficient (Wildman–Crippen LogP) is 1.02. The van der Waals surface area contributed by atoms with E-state index in [4.69, 9.17) is 5.26 Å². The molecule has 98 valence electrons. The second-order valence-electron chi connectivity index (χ2n) is 4.79. The van der Waals surface area contributed by atoms with Gasteiger partial charge in [-0.15, -0.1) is 0 Å². The van der Waals surface area contributed by atoms with Crippen molar-refractivity contribution in [3.63, 3.8) is 0 Å². The fourth-order valence-electron chi connectivity index (χ4n) is 2.52. The largest absolute Gasteiger partial charge is 0.355 e. The zero-order valence-corrected chi connectivity index (χ0v) is 10.8. The number of aromatic amines is 1. The third-order valence-corrected chi connectivity index (χ3v) is 3.72. The number of nitriles is 1. The van der Waals surface area contributed by atoms with Gasteiger partial charge in [0, 0.05) is 25.3 Å². The minimum absolute atomic E-state index is 0.550. The van der Waals surface area contributed by atoms with E-state index in [1.165, 1.54) is 0 Å². The van der Waals surface area contributed by atoms with Crippen LogP contribution in [0.4, 0.5) is 5.82 Å². The molecule has 6 nitrogen and oxygen atoms in total. The highest BCUT2D eigenvalue weighted by molar-refractivity contribution is 5.79. The van der Waals surface area contributed by atoms with Gasteiger partial charge in [0.05, 0.1) is 11.8 Å². The molecule has 0 aromatic carbocycles. The van der Waals surface area contributed by atoms with Gasteiger partial charge in [0.25, 0.3) is 0 Å². The number of piperidine rings is 1. The molecule has 0 spiro atoms. The maximum atomic E-state index is 9.03. The van der Waals surface area contributed by atoms with E-state index < -0.39 is 0 Å². The van der Waals surface area contributed by atoms with E-state index in [-0.39, 0.29) is 0 Å². The second-order valence-corrected chi connectivity index (χ2v) is 4.79. The van der Waals surface area contributed by atoms with Gasteiger partial charge in [0.2, 0.25) is 0 Å². The number of nitrogens with zero attached hydrogens (tertiary/aromatic N) is 4. The van der Waals surface area contributed by atoms with Crippen LogP contribution < -0.4 is 10.2 Å². The summed E-state index contributed by atoms with van der Waals surface area (Å²) in [7, 11) is 2.01. The molecule has 1 fully saturated rings. The van der Waals surface area contributed by atoms with Crippen LogP contribution in [0.25, 0.3) is 11.2 Å². The van der Waals surface area contributed by atoms with Crippen molar-refractivity contribution in [1.82, 2.24) is 20.3 Å². The lowest BCUT2D eigenvalue weighted by atomic mass is 10.1. The van der Waals surface area contributed by atoms with Crippen molar-refractivity contribution in [2.75, 3.05) is 25.0 Å². The minimum Gasteiger partial charge on any atom is -0.355 e. The lowest BCUT2D eigenvalue weighted by Crippen LogP contribution is -2.41. The molecule has 0 atom stereocenters. The normalized spacial score (nSPS) is 16.7. The van der Waals surface area contributed by atoms with Crippen LogP contribution in [-0.4, -0.2) is 41.1 Å². The fraction of sp³-hybridized carbons (Fsp3) is 0.462. The summed E-state index contributed by atoms with van der Waals surface area (Å²) in [5.41, 5.74) is 1.88. The molecule has 0 bridgehead atoms. The van der Waals surface area contributed by atoms with Gasteiger partial charge in [-0.3, -0.25) is 0 Å². The number of hydrogen-bond donors (Lipinski definition) is 2. The molecule has 3 heterocycles. The predicted molar refractivity (Wildman–Crippen MR) is 72.9 cm³/mol. The molecule has 2 aromatic rings. The van der Waals surface area contributed by atoms with Crippen LogP contribution >= 0.6 is 0 Å². The Labute approximate surface area is 111 Å². The Morgan fingerprint density at radius 1 is 1.47 bits per heavy atom. The van der Waals surface area contributed by atoms with Crippen molar-refractivity contribution >= 4 is 17.0 Å². The number of aromatic nitrogens is 3. The average Bonchev–Trinajstić information content (AvgIpc) is 2.89. The van der Waals surface area contributed by atoms with Crippen molar-refractivity contribution in [1.29, 1.82) is 5.26 Å². The topological polar surface area (TPSA) is 80.6 Å². The van der Waals surface area contributed by atoms with Crippen LogP contribution in [0.15, 0.2) is 12.4 Å². The number of nitrogens with one attached hydrogen (secondary N) is 2. The van der Waals surface area contributed by atoms with Gasteiger partial charge in [-0.2, -0.15) is 5.26 Å². The van der Waals surface area contributed by atoms with Gasteiger partial charge in [-0.25, -0.2) is 9.97 Å². The van der Waals surface area contributed by atoms with Gasteiger partial charge >= 0.3 is 0 Å². The molecular formula is C13H16N6. The van der Waals surface area contributed by atoms with Crippen LogP contribution in [-0.2, 0) is 0 Å². The molecule has 1 saturated heterocycles. The van der Waals surface area contributed by atoms with E-state index in [2.05, 4.69) is 31.2 Å². The van der Waals surface area contributed by atoms with Crippen molar-refractivity contribution in [2.45, 2.75) is 18.9 Å². The molecule has 2 aromatic heterocycles. The Balaban J connectivity index is 1.87. The first-order chi connectivity index (χ1) is 9.31. The standard InChI is InChI=1S/C13H16N6/c1-15-10-2-4-19(5-3-10)11-8-17-13-12(18-11)9(6-14)7-16-13/h7-8,10,15H,2-5H2,1H3,(H,16,17). The van der Waals surface area contributed by atoms with Gasteiger partial charge in [0.1, 0.15) is 17.4 Å². The van der Waals surface area contributed by atoms with E-state index in [1.54, 1.807) is 12.4 Å². The molecule has 0 aliphatic carbocycles. The Kier molecular flexibility index (Phi) is 3.05. The first kappa shape index (κ1) is 11.9. The smallest absolute Gasteiger partial charge is 0.157 e. The first-order valence-corrected chi connectivity index (χ1v) is 6.48. The van der Waals surface area contributed by atoms with E-state index in [9.17, 15) is 0 Å². The number of fused-ring (bicyclic) bond motifs is 1. The van der Waals surface area contributed by atoms with Gasteiger partial charge < -0.3 is 15.2 Å². The van der Waals surface area contributed by atoms with E-state index in [0.717, 1.165) is 31.7 Å². The molecule has 0 saturated carbocycles. The van der Waals surface area contributed by atoms with Crippen LogP contribution in [0.1, 0.15) is 18.4 Å². The summed E-state index contributed by atoms with van der Waals surface area (Å²) in [4.78, 5) is 14.1. The summed E-state index contributed by atoms with van der Waals surface area (Å²) in [6.07, 6.45) is 5.64. The molecule has 0 unspecified atom stereocenters. The minimum atomic E-state index is 0.550. The zero-order chi connectivity index (χ0) is 13.2. The molecule has 19 heavy (non-hydrogen) atoms. The zero-order valence-electron chi connectivity index (χ0n) is 10.8. The highest BCUT2D eigenvalue weighted by Crippen LogP contribution is 2.21. The van der Waals surface area contributed by atoms with Gasteiger partial charge in [0.15, 0.2) is 5.65 Å². The van der Waals surface area contributed by atoms with E-state index in [1.807, 2.05) is 7.05 Å². The summed E-state index contributed by atoms with van der Waals surface area (Å²) < 4.78 is 0. The summed E-state index contributed by atoms with van der Waals surface area (Å²) >= 11 is 0. The molecule has 1 aliphatic rings. The van der Waals surface area contributed by atoms with E-state index in [0.29, 0.717) is 22.8 Å². The van der Waals surface area contributed by atoms with Crippen molar-refractivity contribution < 1.29 is 0 Å². The first-order valence-electron chi connectivity index (χ1n) is 6.48. The summed E-state index contributed by atoms with van der Waals surface area (Å²) in [6.45, 7) is 1.94. The lowest BCUT2D eigenvalue weighted by Gasteiger charge is -2.32. The maximum Gasteiger partial charge on any atom is 0.157 e. The lowest BCUT2D eigenvalue weighted by molar-refractivity contribution is 0.441. The Bertz CT molecular complexity index is 618. The van der Waals surface area contributed by atoms with Crippen LogP contribution in [0.2, 0.25) is 0 Å². The third-order valence-electron chi connectivity index (χ3n) is 3.72. The van der Waals surface area contributed by atoms with Crippen molar-refractivity contribution in [2.24, 2.45) is 0 Å². The summed E-state index contributed by atoms with van der Waals surface area (Å²) in [6, 6.07) is 2.73. The average molecular weight is 256 g/mol. The molecule has 2 N–H and O–H groups in total. The number of H-pyrrole nitrogens is 1. The molecule has 0 radical (unpaired) electrons. The fourth-order valence-corrected chi connectivity index (χ4v) is 2.52. The second kappa shape index (κ2) is 4.86.